The largest absolute Gasteiger partial charge is 0.476 e. The Kier molecular flexibility index (Phi) is 4.85. The van der Waals surface area contributed by atoms with Crippen LogP contribution in [0.3, 0.4) is 0 Å². The van der Waals surface area contributed by atoms with Gasteiger partial charge < -0.3 is 19.1 Å². The van der Waals surface area contributed by atoms with Crippen molar-refractivity contribution in [2.24, 2.45) is 5.92 Å². The number of methoxy groups -OCH3 is 1. The van der Waals surface area contributed by atoms with Gasteiger partial charge in [-0.1, -0.05) is 0 Å². The third-order valence-corrected chi connectivity index (χ3v) is 5.38. The Morgan fingerprint density at radius 3 is 2.88 bits per heavy atom. The van der Waals surface area contributed by atoms with Crippen LogP contribution in [0.15, 0.2) is 12.4 Å². The maximum atomic E-state index is 12.9. The van der Waals surface area contributed by atoms with E-state index in [1.165, 1.54) is 19.0 Å². The minimum absolute atomic E-state index is 0.0487. The van der Waals surface area contributed by atoms with Crippen LogP contribution in [0.5, 0.6) is 5.88 Å². The molecular weight excluding hydrogens is 322 g/mol. The lowest BCUT2D eigenvalue weighted by molar-refractivity contribution is -0.101. The third-order valence-electron chi connectivity index (χ3n) is 5.38. The Bertz CT molecular complexity index is 605. The minimum atomic E-state index is -0.0868. The molecule has 0 N–H and O–H groups in total. The van der Waals surface area contributed by atoms with E-state index in [1.807, 2.05) is 4.90 Å². The summed E-state index contributed by atoms with van der Waals surface area (Å²) < 4.78 is 17.0. The topological polar surface area (TPSA) is 73.8 Å². The van der Waals surface area contributed by atoms with Crippen molar-refractivity contribution in [3.8, 4) is 5.88 Å². The Labute approximate surface area is 147 Å². The van der Waals surface area contributed by atoms with E-state index < -0.39 is 0 Å². The van der Waals surface area contributed by atoms with Gasteiger partial charge >= 0.3 is 0 Å². The molecule has 1 aromatic heterocycles. The van der Waals surface area contributed by atoms with Crippen LogP contribution in [0.25, 0.3) is 0 Å². The zero-order valence-electron chi connectivity index (χ0n) is 14.6. The molecular formula is C18H25N3O4. The van der Waals surface area contributed by atoms with Gasteiger partial charge in [0.25, 0.3) is 5.91 Å². The van der Waals surface area contributed by atoms with E-state index in [0.29, 0.717) is 37.3 Å². The molecule has 1 saturated heterocycles. The first-order valence-electron chi connectivity index (χ1n) is 9.15. The van der Waals surface area contributed by atoms with Crippen LogP contribution in [0, 0.1) is 5.92 Å². The smallest absolute Gasteiger partial charge is 0.274 e. The average Bonchev–Trinajstić information content (AvgIpc) is 3.50. The molecule has 3 atom stereocenters. The van der Waals surface area contributed by atoms with Gasteiger partial charge in [-0.25, -0.2) is 9.97 Å². The van der Waals surface area contributed by atoms with Gasteiger partial charge in [0.2, 0.25) is 5.88 Å². The highest BCUT2D eigenvalue weighted by atomic mass is 16.5. The number of carbonyl (C=O) groups excluding carboxylic acids is 1. The number of nitrogens with zero attached hydrogens (tertiary/aromatic N) is 3. The molecule has 4 rings (SSSR count). The first-order valence-corrected chi connectivity index (χ1v) is 9.15. The lowest BCUT2D eigenvalue weighted by Gasteiger charge is -2.45. The van der Waals surface area contributed by atoms with Crippen molar-refractivity contribution in [2.75, 3.05) is 26.9 Å². The van der Waals surface area contributed by atoms with E-state index in [1.54, 1.807) is 13.3 Å². The summed E-state index contributed by atoms with van der Waals surface area (Å²) in [7, 11) is 1.73. The highest BCUT2D eigenvalue weighted by Gasteiger charge is 2.40. The fraction of sp³-hybridized carbons (Fsp3) is 0.722. The molecule has 0 aromatic carbocycles. The lowest BCUT2D eigenvalue weighted by atomic mass is 9.88. The SMILES string of the molecule is CO[C@@H]1CC[C@H]2OCCN(C(=O)c3cnc(OCC4CC4)cn3)[C@H]2C1. The fourth-order valence-electron chi connectivity index (χ4n) is 3.67. The van der Waals surface area contributed by atoms with Crippen LogP contribution < -0.4 is 4.74 Å². The first kappa shape index (κ1) is 16.7. The molecule has 0 spiro atoms. The number of amides is 1. The Morgan fingerprint density at radius 1 is 1.28 bits per heavy atom. The summed E-state index contributed by atoms with van der Waals surface area (Å²) >= 11 is 0. The van der Waals surface area contributed by atoms with Crippen LogP contribution in [-0.2, 0) is 9.47 Å². The van der Waals surface area contributed by atoms with Crippen LogP contribution in [-0.4, -0.2) is 65.9 Å². The van der Waals surface area contributed by atoms with Crippen LogP contribution >= 0.6 is 0 Å². The maximum Gasteiger partial charge on any atom is 0.274 e. The van der Waals surface area contributed by atoms with Crippen LogP contribution in [0.1, 0.15) is 42.6 Å². The zero-order chi connectivity index (χ0) is 17.2. The molecule has 2 heterocycles. The molecule has 1 aliphatic heterocycles. The standard InChI is InChI=1S/C18H25N3O4/c1-23-13-4-5-16-15(8-13)21(6-7-24-16)18(22)14-9-20-17(10-19-14)25-11-12-2-3-12/h9-10,12-13,15-16H,2-8,11H2,1H3/t13-,15+,16-/m1/s1. The summed E-state index contributed by atoms with van der Waals surface area (Å²) in [5.74, 6) is 1.06. The van der Waals surface area contributed by atoms with Crippen molar-refractivity contribution < 1.29 is 19.0 Å². The van der Waals surface area contributed by atoms with Gasteiger partial charge in [0.05, 0.1) is 43.9 Å². The van der Waals surface area contributed by atoms with Gasteiger partial charge in [-0.05, 0) is 38.0 Å². The van der Waals surface area contributed by atoms with E-state index in [0.717, 1.165) is 19.3 Å². The van der Waals surface area contributed by atoms with E-state index in [4.69, 9.17) is 14.2 Å². The second kappa shape index (κ2) is 7.25. The van der Waals surface area contributed by atoms with Gasteiger partial charge in [0, 0.05) is 13.7 Å². The number of hydrogen-bond acceptors (Lipinski definition) is 6. The Balaban J connectivity index is 1.43. The van der Waals surface area contributed by atoms with Crippen molar-refractivity contribution in [3.05, 3.63) is 18.1 Å². The molecule has 2 saturated carbocycles. The third kappa shape index (κ3) is 3.77. The van der Waals surface area contributed by atoms with Crippen LogP contribution in [0.2, 0.25) is 0 Å². The van der Waals surface area contributed by atoms with E-state index in [-0.39, 0.29) is 24.2 Å². The molecule has 7 nitrogen and oxygen atoms in total. The summed E-state index contributed by atoms with van der Waals surface area (Å²) in [5, 5.41) is 0. The number of rotatable bonds is 5. The van der Waals surface area contributed by atoms with Gasteiger partial charge in [-0.2, -0.15) is 0 Å². The average molecular weight is 347 g/mol. The molecule has 0 radical (unpaired) electrons. The quantitative estimate of drug-likeness (QED) is 0.807. The lowest BCUT2D eigenvalue weighted by Crippen LogP contribution is -2.57. The molecule has 2 aliphatic carbocycles. The molecule has 0 unspecified atom stereocenters. The van der Waals surface area contributed by atoms with Crippen LogP contribution in [0.4, 0.5) is 0 Å². The summed E-state index contributed by atoms with van der Waals surface area (Å²) in [6, 6.07) is 0.0487. The number of aromatic nitrogens is 2. The van der Waals surface area contributed by atoms with E-state index in [2.05, 4.69) is 9.97 Å². The molecule has 0 bridgehead atoms. The Morgan fingerprint density at radius 2 is 2.16 bits per heavy atom. The van der Waals surface area contributed by atoms with E-state index >= 15 is 0 Å². The minimum Gasteiger partial charge on any atom is -0.476 e. The van der Waals surface area contributed by atoms with Crippen molar-refractivity contribution in [1.82, 2.24) is 14.9 Å². The maximum absolute atomic E-state index is 12.9. The Hall–Kier alpha value is -1.73. The molecule has 25 heavy (non-hydrogen) atoms. The van der Waals surface area contributed by atoms with Gasteiger partial charge in [0.15, 0.2) is 0 Å². The number of morpholine rings is 1. The van der Waals surface area contributed by atoms with Crippen molar-refractivity contribution in [1.29, 1.82) is 0 Å². The molecule has 1 amide bonds. The van der Waals surface area contributed by atoms with Crippen molar-refractivity contribution in [2.45, 2.75) is 50.4 Å². The molecule has 3 fully saturated rings. The number of fused-ring (bicyclic) bond motifs is 1. The van der Waals surface area contributed by atoms with Crippen molar-refractivity contribution in [3.63, 3.8) is 0 Å². The number of hydrogen-bond donors (Lipinski definition) is 0. The number of ether oxygens (including phenoxy) is 3. The predicted octanol–water partition coefficient (Wildman–Crippen LogP) is 1.67. The highest BCUT2D eigenvalue weighted by molar-refractivity contribution is 5.92. The van der Waals surface area contributed by atoms with Gasteiger partial charge in [-0.3, -0.25) is 4.79 Å². The number of carbonyl (C=O) groups is 1. The molecule has 136 valence electrons. The second-order valence-corrected chi connectivity index (χ2v) is 7.14. The highest BCUT2D eigenvalue weighted by Crippen LogP contribution is 2.31. The fourth-order valence-corrected chi connectivity index (χ4v) is 3.67. The summed E-state index contributed by atoms with van der Waals surface area (Å²) in [6.45, 7) is 1.84. The summed E-state index contributed by atoms with van der Waals surface area (Å²) in [4.78, 5) is 23.3. The first-order chi connectivity index (χ1) is 12.2. The monoisotopic (exact) mass is 347 g/mol. The van der Waals surface area contributed by atoms with Gasteiger partial charge in [-0.15, -0.1) is 0 Å². The predicted molar refractivity (Wildman–Crippen MR) is 89.5 cm³/mol. The van der Waals surface area contributed by atoms with Crippen molar-refractivity contribution >= 4 is 5.91 Å². The second-order valence-electron chi connectivity index (χ2n) is 7.14. The van der Waals surface area contributed by atoms with Gasteiger partial charge in [0.1, 0.15) is 5.69 Å². The zero-order valence-corrected chi connectivity index (χ0v) is 14.6. The molecule has 3 aliphatic rings. The summed E-state index contributed by atoms with van der Waals surface area (Å²) in [6.07, 6.45) is 8.51. The molecule has 7 heteroatoms. The molecule has 1 aromatic rings. The normalized spacial score (nSPS) is 29.2. The van der Waals surface area contributed by atoms with E-state index in [9.17, 15) is 4.79 Å². The summed E-state index contributed by atoms with van der Waals surface area (Å²) in [5.41, 5.74) is 0.360.